The molecule has 0 atom stereocenters. The maximum Gasteiger partial charge on any atom is 0.379 e. The van der Waals surface area contributed by atoms with Gasteiger partial charge < -0.3 is 0 Å². The monoisotopic (exact) mass is 192 g/mol. The van der Waals surface area contributed by atoms with Crippen LogP contribution in [0.15, 0.2) is 0 Å². The molecule has 0 aromatic rings. The zero-order chi connectivity index (χ0) is 9.78. The molecule has 1 saturated carbocycles. The van der Waals surface area contributed by atoms with E-state index in [2.05, 4.69) is 0 Å². The maximum atomic E-state index is 12.0. The van der Waals surface area contributed by atoms with Gasteiger partial charge in [-0.25, -0.2) is 0 Å². The number of carbonyl (C=O) groups is 1. The Morgan fingerprint density at radius 1 is 1.00 bits per heavy atom. The van der Waals surface area contributed by atoms with E-state index >= 15 is 0 Å². The van der Waals surface area contributed by atoms with Gasteiger partial charge in [0.15, 0.2) is 0 Å². The highest BCUT2D eigenvalue weighted by atomic mass is 19.3. The van der Waals surface area contributed by atoms with Gasteiger partial charge in [0.2, 0.25) is 5.78 Å². The van der Waals surface area contributed by atoms with E-state index in [0.717, 1.165) is 0 Å². The fourth-order valence-corrected chi connectivity index (χ4v) is 0.828. The second kappa shape index (κ2) is 1.94. The summed E-state index contributed by atoms with van der Waals surface area (Å²) in [5, 5.41) is 0. The first kappa shape index (κ1) is 9.34. The van der Waals surface area contributed by atoms with Crippen LogP contribution in [0.1, 0.15) is 6.42 Å². The molecule has 0 heterocycles. The number of hydrogen-bond acceptors (Lipinski definition) is 1. The van der Waals surface area contributed by atoms with Gasteiger partial charge in [-0.2, -0.15) is 26.3 Å². The van der Waals surface area contributed by atoms with Crippen molar-refractivity contribution in [3.63, 3.8) is 0 Å². The lowest BCUT2D eigenvalue weighted by Crippen LogP contribution is -2.48. The molecule has 0 aromatic heterocycles. The van der Waals surface area contributed by atoms with Gasteiger partial charge in [0, 0.05) is 0 Å². The molecule has 70 valence electrons. The number of rotatable bonds is 0. The summed E-state index contributed by atoms with van der Waals surface area (Å²) in [6, 6.07) is 0. The van der Waals surface area contributed by atoms with Crippen LogP contribution >= 0.6 is 0 Å². The number of carbonyl (C=O) groups excluding carboxylic acids is 1. The van der Waals surface area contributed by atoms with Gasteiger partial charge in [-0.1, -0.05) is 0 Å². The van der Waals surface area contributed by atoms with Gasteiger partial charge in [-0.15, -0.1) is 0 Å². The second-order valence-corrected chi connectivity index (χ2v) is 2.45. The highest BCUT2D eigenvalue weighted by molar-refractivity contribution is 5.90. The molecule has 1 rings (SSSR count). The summed E-state index contributed by atoms with van der Waals surface area (Å²) >= 11 is 0. The van der Waals surface area contributed by atoms with Crippen molar-refractivity contribution in [3.05, 3.63) is 0 Å². The third-order valence-electron chi connectivity index (χ3n) is 1.59. The van der Waals surface area contributed by atoms with Crippen LogP contribution in [0.3, 0.4) is 0 Å². The van der Waals surface area contributed by atoms with Crippen molar-refractivity contribution in [2.24, 2.45) is 0 Å². The minimum Gasteiger partial charge on any atom is -0.292 e. The summed E-state index contributed by atoms with van der Waals surface area (Å²) in [4.78, 5) is 10.0. The Morgan fingerprint density at radius 3 is 1.50 bits per heavy atom. The summed E-state index contributed by atoms with van der Waals surface area (Å²) < 4.78 is 72.2. The van der Waals surface area contributed by atoms with Crippen molar-refractivity contribution < 1.29 is 31.1 Å². The molecule has 0 radical (unpaired) electrons. The lowest BCUT2D eigenvalue weighted by molar-refractivity contribution is -0.266. The molecule has 0 aliphatic heterocycles. The Morgan fingerprint density at radius 2 is 1.42 bits per heavy atom. The Kier molecular flexibility index (Phi) is 1.51. The van der Waals surface area contributed by atoms with Crippen LogP contribution in [-0.4, -0.2) is 23.6 Å². The molecule has 1 aliphatic carbocycles. The topological polar surface area (TPSA) is 17.1 Å². The van der Waals surface area contributed by atoms with Crippen molar-refractivity contribution in [2.75, 3.05) is 0 Å². The smallest absolute Gasteiger partial charge is 0.292 e. The quantitative estimate of drug-likeness (QED) is 0.535. The van der Waals surface area contributed by atoms with Crippen molar-refractivity contribution in [1.82, 2.24) is 0 Å². The first-order valence-corrected chi connectivity index (χ1v) is 2.80. The third-order valence-corrected chi connectivity index (χ3v) is 1.59. The molecular weight excluding hydrogens is 190 g/mol. The molecule has 0 amide bonds. The highest BCUT2D eigenvalue weighted by Gasteiger charge is 2.80. The van der Waals surface area contributed by atoms with Crippen molar-refractivity contribution in [3.8, 4) is 0 Å². The molecule has 1 nitrogen and oxygen atoms in total. The summed E-state index contributed by atoms with van der Waals surface area (Å²) in [6.07, 6.45) is -2.10. The summed E-state index contributed by atoms with van der Waals surface area (Å²) in [5.74, 6) is -18.2. The fraction of sp³-hybridized carbons (Fsp3) is 0.800. The van der Waals surface area contributed by atoms with E-state index < -0.39 is 30.0 Å². The van der Waals surface area contributed by atoms with E-state index in [-0.39, 0.29) is 0 Å². The Labute approximate surface area is 62.3 Å². The summed E-state index contributed by atoms with van der Waals surface area (Å²) in [7, 11) is 0. The number of Topliss-reactive ketones (excluding diaryl/α,β-unsaturated/α-hetero) is 1. The largest absolute Gasteiger partial charge is 0.379 e. The molecule has 1 fully saturated rings. The van der Waals surface area contributed by atoms with Gasteiger partial charge in [-0.3, -0.25) is 4.79 Å². The predicted molar refractivity (Wildman–Crippen MR) is 24.5 cm³/mol. The standard InChI is InChI=1S/C5H2F6O/c6-3(7)1-2(12)4(8,9)5(3,10)11/h1H2. The summed E-state index contributed by atoms with van der Waals surface area (Å²) in [6.45, 7) is 0. The normalized spacial score (nSPS) is 30.7. The third kappa shape index (κ3) is 0.789. The number of ketones is 1. The lowest BCUT2D eigenvalue weighted by Gasteiger charge is -2.21. The van der Waals surface area contributed by atoms with Crippen molar-refractivity contribution >= 4 is 5.78 Å². The summed E-state index contributed by atoms with van der Waals surface area (Å²) in [5.41, 5.74) is 0. The van der Waals surface area contributed by atoms with Crippen LogP contribution in [-0.2, 0) is 4.79 Å². The average molecular weight is 192 g/mol. The second-order valence-electron chi connectivity index (χ2n) is 2.45. The average Bonchev–Trinajstić information content (AvgIpc) is 1.92. The SMILES string of the molecule is O=C1CC(F)(F)C(F)(F)C1(F)F. The van der Waals surface area contributed by atoms with Crippen LogP contribution in [0.2, 0.25) is 0 Å². The number of halogens is 6. The molecule has 12 heavy (non-hydrogen) atoms. The molecule has 0 aromatic carbocycles. The molecule has 0 unspecified atom stereocenters. The van der Waals surface area contributed by atoms with Crippen LogP contribution in [0, 0.1) is 0 Å². The van der Waals surface area contributed by atoms with Gasteiger partial charge in [0.25, 0.3) is 0 Å². The zero-order valence-electron chi connectivity index (χ0n) is 5.38. The van der Waals surface area contributed by atoms with Crippen LogP contribution < -0.4 is 0 Å². The van der Waals surface area contributed by atoms with Gasteiger partial charge in [-0.05, 0) is 0 Å². The molecule has 0 saturated heterocycles. The Balaban J connectivity index is 3.19. The van der Waals surface area contributed by atoms with E-state index in [0.29, 0.717) is 0 Å². The predicted octanol–water partition coefficient (Wildman–Crippen LogP) is 1.87. The molecule has 1 aliphatic rings. The molecular formula is C5H2F6O. The molecule has 0 bridgehead atoms. The van der Waals surface area contributed by atoms with Gasteiger partial charge in [0.05, 0.1) is 6.42 Å². The molecule has 0 N–H and O–H groups in total. The molecule has 7 heteroatoms. The van der Waals surface area contributed by atoms with Crippen LogP contribution in [0.25, 0.3) is 0 Å². The van der Waals surface area contributed by atoms with Crippen LogP contribution in [0.5, 0.6) is 0 Å². The van der Waals surface area contributed by atoms with Crippen molar-refractivity contribution in [1.29, 1.82) is 0 Å². The van der Waals surface area contributed by atoms with Crippen molar-refractivity contribution in [2.45, 2.75) is 24.2 Å². The minimum absolute atomic E-state index is 2.10. The minimum atomic E-state index is -5.56. The Hall–Kier alpha value is -0.750. The maximum absolute atomic E-state index is 12.0. The van der Waals surface area contributed by atoms with E-state index in [9.17, 15) is 31.1 Å². The first-order chi connectivity index (χ1) is 5.13. The van der Waals surface area contributed by atoms with E-state index in [1.54, 1.807) is 0 Å². The van der Waals surface area contributed by atoms with E-state index in [1.807, 2.05) is 0 Å². The van der Waals surface area contributed by atoms with Crippen LogP contribution in [0.4, 0.5) is 26.3 Å². The number of hydrogen-bond donors (Lipinski definition) is 0. The number of alkyl halides is 6. The van der Waals surface area contributed by atoms with Gasteiger partial charge >= 0.3 is 17.8 Å². The highest BCUT2D eigenvalue weighted by Crippen LogP contribution is 2.54. The zero-order valence-corrected chi connectivity index (χ0v) is 5.38. The Bertz CT molecular complexity index is 232. The fourth-order valence-electron chi connectivity index (χ4n) is 0.828. The van der Waals surface area contributed by atoms with Gasteiger partial charge in [0.1, 0.15) is 0 Å². The first-order valence-electron chi connectivity index (χ1n) is 2.80. The lowest BCUT2D eigenvalue weighted by atomic mass is 10.2. The van der Waals surface area contributed by atoms with E-state index in [4.69, 9.17) is 0 Å². The van der Waals surface area contributed by atoms with E-state index in [1.165, 1.54) is 0 Å². The molecule has 0 spiro atoms.